The molecule has 1 atom stereocenters. The molecule has 0 saturated carbocycles. The second-order valence-corrected chi connectivity index (χ2v) is 8.69. The maximum Gasteiger partial charge on any atom is 0.275 e. The second kappa shape index (κ2) is 9.52. The summed E-state index contributed by atoms with van der Waals surface area (Å²) in [6, 6.07) is 9.99. The van der Waals surface area contributed by atoms with Gasteiger partial charge in [-0.3, -0.25) is 19.6 Å². The van der Waals surface area contributed by atoms with Crippen LogP contribution in [0.4, 0.5) is 11.4 Å². The van der Waals surface area contributed by atoms with Crippen LogP contribution in [0.3, 0.4) is 0 Å². The molecule has 0 spiro atoms. The number of rotatable bonds is 7. The average molecular weight is 501 g/mol. The number of ether oxygens (including phenoxy) is 1. The minimum Gasteiger partial charge on any atom is -0.457 e. The van der Waals surface area contributed by atoms with Gasteiger partial charge in [0.2, 0.25) is 5.91 Å². The number of carbonyl (C=O) groups excluding carboxylic acids is 1. The number of hydrogen-bond acceptors (Lipinski definition) is 5. The molecule has 0 aliphatic heterocycles. The van der Waals surface area contributed by atoms with Crippen LogP contribution in [0, 0.1) is 43.7 Å². The number of nitro groups is 1. The van der Waals surface area contributed by atoms with Gasteiger partial charge in [0.15, 0.2) is 0 Å². The number of nitrogens with zero attached hydrogens (tertiary/aromatic N) is 3. The lowest BCUT2D eigenvalue weighted by Crippen LogP contribution is -2.25. The van der Waals surface area contributed by atoms with Crippen molar-refractivity contribution in [1.29, 1.82) is 0 Å². The Morgan fingerprint density at radius 2 is 1.94 bits per heavy atom. The summed E-state index contributed by atoms with van der Waals surface area (Å²) in [5.74, 6) is 0.194. The van der Waals surface area contributed by atoms with E-state index in [2.05, 4.69) is 26.3 Å². The van der Waals surface area contributed by atoms with E-state index >= 15 is 0 Å². The second-order valence-electron chi connectivity index (χ2n) is 7.90. The molecule has 0 aliphatic rings. The van der Waals surface area contributed by atoms with Crippen LogP contribution in [0.1, 0.15) is 29.4 Å². The van der Waals surface area contributed by atoms with Gasteiger partial charge in [0.1, 0.15) is 11.5 Å². The summed E-state index contributed by atoms with van der Waals surface area (Å²) in [6.45, 7) is 9.81. The molecule has 1 aromatic heterocycles. The molecule has 3 rings (SSSR count). The Hall–Kier alpha value is -3.20. The molecule has 0 aliphatic carbocycles. The predicted molar refractivity (Wildman–Crippen MR) is 126 cm³/mol. The fourth-order valence-corrected chi connectivity index (χ4v) is 3.51. The van der Waals surface area contributed by atoms with Gasteiger partial charge in [-0.2, -0.15) is 5.10 Å². The van der Waals surface area contributed by atoms with Crippen LogP contribution >= 0.6 is 15.9 Å². The Balaban J connectivity index is 1.81. The lowest BCUT2D eigenvalue weighted by molar-refractivity contribution is -0.384. The maximum atomic E-state index is 12.8. The lowest BCUT2D eigenvalue weighted by Gasteiger charge is -2.15. The van der Waals surface area contributed by atoms with Crippen molar-refractivity contribution in [2.45, 2.75) is 41.2 Å². The minimum atomic E-state index is -0.511. The van der Waals surface area contributed by atoms with Crippen molar-refractivity contribution in [1.82, 2.24) is 9.78 Å². The zero-order valence-corrected chi connectivity index (χ0v) is 20.2. The van der Waals surface area contributed by atoms with Gasteiger partial charge >= 0.3 is 0 Å². The van der Waals surface area contributed by atoms with Crippen molar-refractivity contribution in [3.05, 3.63) is 73.5 Å². The first-order chi connectivity index (χ1) is 15.0. The van der Waals surface area contributed by atoms with Gasteiger partial charge in [0, 0.05) is 17.8 Å². The molecular formula is C23H25BrN4O4. The Morgan fingerprint density at radius 1 is 1.22 bits per heavy atom. The molecule has 9 heteroatoms. The number of aromatic nitrogens is 2. The first-order valence-corrected chi connectivity index (χ1v) is 10.9. The highest BCUT2D eigenvalue weighted by molar-refractivity contribution is 9.10. The molecule has 0 fully saturated rings. The monoisotopic (exact) mass is 500 g/mol. The summed E-state index contributed by atoms with van der Waals surface area (Å²) >= 11 is 3.49. The highest BCUT2D eigenvalue weighted by atomic mass is 79.9. The largest absolute Gasteiger partial charge is 0.457 e. The number of amides is 1. The van der Waals surface area contributed by atoms with Gasteiger partial charge in [-0.1, -0.05) is 19.1 Å². The SMILES string of the molecule is Cc1ccc(C)c(Oc2cc(NC(=O)C(C)Cn3nc(C)c(Br)c3C)cc([N+](=O)[O-])c2)c1. The molecule has 0 saturated heterocycles. The Bertz CT molecular complexity index is 1190. The molecule has 3 aromatic rings. The average Bonchev–Trinajstić information content (AvgIpc) is 2.97. The third kappa shape index (κ3) is 5.34. The third-order valence-electron chi connectivity index (χ3n) is 5.13. The van der Waals surface area contributed by atoms with Crippen molar-refractivity contribution in [2.75, 3.05) is 5.32 Å². The Labute approximate surface area is 194 Å². The van der Waals surface area contributed by atoms with Crippen LogP contribution < -0.4 is 10.1 Å². The van der Waals surface area contributed by atoms with Gasteiger partial charge in [-0.25, -0.2) is 0 Å². The fraction of sp³-hybridized carbons (Fsp3) is 0.304. The highest BCUT2D eigenvalue weighted by Gasteiger charge is 2.19. The number of hydrogen-bond donors (Lipinski definition) is 1. The molecule has 2 aromatic carbocycles. The summed E-state index contributed by atoms with van der Waals surface area (Å²) in [7, 11) is 0. The zero-order valence-electron chi connectivity index (χ0n) is 18.6. The third-order valence-corrected chi connectivity index (χ3v) is 6.28. The minimum absolute atomic E-state index is 0.168. The van der Waals surface area contributed by atoms with Crippen LogP contribution in [0.2, 0.25) is 0 Å². The van der Waals surface area contributed by atoms with E-state index in [0.29, 0.717) is 18.0 Å². The first-order valence-electron chi connectivity index (χ1n) is 10.1. The van der Waals surface area contributed by atoms with Crippen LogP contribution in [0.15, 0.2) is 40.9 Å². The standard InChI is InChI=1S/C23H25BrN4O4/c1-13-6-7-14(2)21(8-13)32-20-10-18(9-19(11-20)28(30)31)25-23(29)15(3)12-27-17(5)22(24)16(4)26-27/h6-11,15H,12H2,1-5H3,(H,25,29). The number of halogens is 1. The van der Waals surface area contributed by atoms with Crippen molar-refractivity contribution in [3.63, 3.8) is 0 Å². The first kappa shape index (κ1) is 23.5. The number of anilines is 1. The van der Waals surface area contributed by atoms with Gasteiger partial charge in [-0.15, -0.1) is 0 Å². The van der Waals surface area contributed by atoms with Crippen molar-refractivity contribution in [3.8, 4) is 11.5 Å². The van der Waals surface area contributed by atoms with E-state index in [0.717, 1.165) is 27.0 Å². The maximum absolute atomic E-state index is 12.8. The molecular weight excluding hydrogens is 476 g/mol. The molecule has 168 valence electrons. The molecule has 0 bridgehead atoms. The van der Waals surface area contributed by atoms with Crippen LogP contribution in [-0.4, -0.2) is 20.6 Å². The van der Waals surface area contributed by atoms with E-state index in [1.165, 1.54) is 12.1 Å². The molecule has 1 amide bonds. The normalized spacial score (nSPS) is 11.8. The van der Waals surface area contributed by atoms with Crippen molar-refractivity contribution >= 4 is 33.2 Å². The fourth-order valence-electron chi connectivity index (χ4n) is 3.22. The van der Waals surface area contributed by atoms with Crippen LogP contribution in [0.5, 0.6) is 11.5 Å². The van der Waals surface area contributed by atoms with Crippen molar-refractivity contribution in [2.24, 2.45) is 5.92 Å². The number of carbonyl (C=O) groups is 1. The number of non-ortho nitro benzene ring substituents is 1. The van der Waals surface area contributed by atoms with Gasteiger partial charge < -0.3 is 10.1 Å². The van der Waals surface area contributed by atoms with Crippen molar-refractivity contribution < 1.29 is 14.5 Å². The molecule has 8 nitrogen and oxygen atoms in total. The summed E-state index contributed by atoms with van der Waals surface area (Å²) in [4.78, 5) is 23.7. The van der Waals surface area contributed by atoms with E-state index < -0.39 is 10.8 Å². The number of nitro benzene ring substituents is 1. The Kier molecular flexibility index (Phi) is 6.98. The van der Waals surface area contributed by atoms with Crippen LogP contribution in [0.25, 0.3) is 0 Å². The Morgan fingerprint density at radius 3 is 2.56 bits per heavy atom. The smallest absolute Gasteiger partial charge is 0.275 e. The number of nitrogens with one attached hydrogen (secondary N) is 1. The predicted octanol–water partition coefficient (Wildman–Crippen LogP) is 5.85. The number of benzene rings is 2. The topological polar surface area (TPSA) is 99.3 Å². The molecule has 1 heterocycles. The van der Waals surface area contributed by atoms with Gasteiger partial charge in [0.05, 0.1) is 39.3 Å². The van der Waals surface area contributed by atoms with E-state index in [4.69, 9.17) is 4.74 Å². The zero-order chi connectivity index (χ0) is 23.6. The highest BCUT2D eigenvalue weighted by Crippen LogP contribution is 2.32. The molecule has 0 radical (unpaired) electrons. The van der Waals surface area contributed by atoms with E-state index in [9.17, 15) is 14.9 Å². The summed E-state index contributed by atoms with van der Waals surface area (Å²) in [5, 5.41) is 18.6. The summed E-state index contributed by atoms with van der Waals surface area (Å²) in [5.41, 5.74) is 3.82. The van der Waals surface area contributed by atoms with E-state index in [1.54, 1.807) is 17.7 Å². The van der Waals surface area contributed by atoms with Gasteiger partial charge in [-0.05, 0) is 60.8 Å². The van der Waals surface area contributed by atoms with Gasteiger partial charge in [0.25, 0.3) is 5.69 Å². The quantitative estimate of drug-likeness (QED) is 0.323. The molecule has 1 N–H and O–H groups in total. The molecule has 1 unspecified atom stereocenters. The molecule has 32 heavy (non-hydrogen) atoms. The number of aryl methyl sites for hydroxylation is 3. The van der Waals surface area contributed by atoms with E-state index in [-0.39, 0.29) is 17.3 Å². The lowest BCUT2D eigenvalue weighted by atomic mass is 10.1. The van der Waals surface area contributed by atoms with Crippen LogP contribution in [-0.2, 0) is 11.3 Å². The van der Waals surface area contributed by atoms with E-state index in [1.807, 2.05) is 45.9 Å². The summed E-state index contributed by atoms with van der Waals surface area (Å²) in [6.07, 6.45) is 0. The summed E-state index contributed by atoms with van der Waals surface area (Å²) < 4.78 is 8.60.